The van der Waals surface area contributed by atoms with Crippen molar-refractivity contribution in [3.05, 3.63) is 36.0 Å². The van der Waals surface area contributed by atoms with E-state index in [1.54, 1.807) is 5.01 Å². The molecule has 128 valence electrons. The normalized spacial score (nSPS) is 23.2. The van der Waals surface area contributed by atoms with Crippen molar-refractivity contribution in [1.82, 2.24) is 20.7 Å². The Morgan fingerprint density at radius 1 is 1.35 bits per heavy atom. The number of allylic oxidation sites excluding steroid dienone is 4. The number of rotatable bonds is 6. The third-order valence-electron chi connectivity index (χ3n) is 4.62. The van der Waals surface area contributed by atoms with E-state index in [1.165, 1.54) is 0 Å². The lowest BCUT2D eigenvalue weighted by molar-refractivity contribution is -0.125. The van der Waals surface area contributed by atoms with Crippen molar-refractivity contribution in [2.45, 2.75) is 38.9 Å². The maximum absolute atomic E-state index is 11.6. The van der Waals surface area contributed by atoms with Gasteiger partial charge in [-0.3, -0.25) is 15.1 Å². The van der Waals surface area contributed by atoms with Crippen LogP contribution in [0, 0.1) is 5.41 Å². The first-order valence-corrected chi connectivity index (χ1v) is 8.39. The van der Waals surface area contributed by atoms with E-state index in [-0.39, 0.29) is 17.6 Å². The van der Waals surface area contributed by atoms with E-state index in [0.29, 0.717) is 0 Å². The van der Waals surface area contributed by atoms with Gasteiger partial charge in [0.2, 0.25) is 6.41 Å². The number of nitrogens with zero attached hydrogens (tertiary/aromatic N) is 2. The van der Waals surface area contributed by atoms with E-state index < -0.39 is 0 Å². The van der Waals surface area contributed by atoms with Crippen LogP contribution in [0.15, 0.2) is 36.0 Å². The van der Waals surface area contributed by atoms with Crippen LogP contribution in [-0.2, 0) is 4.79 Å². The maximum atomic E-state index is 11.6. The van der Waals surface area contributed by atoms with Crippen LogP contribution in [0.2, 0.25) is 0 Å². The van der Waals surface area contributed by atoms with E-state index in [0.717, 1.165) is 37.9 Å². The number of nitrogens with one attached hydrogen (secondary N) is 2. The van der Waals surface area contributed by atoms with Gasteiger partial charge in [-0.1, -0.05) is 44.2 Å². The Morgan fingerprint density at radius 2 is 2.04 bits per heavy atom. The zero-order valence-electron chi connectivity index (χ0n) is 14.7. The monoisotopic (exact) mass is 318 g/mol. The van der Waals surface area contributed by atoms with Crippen LogP contribution in [0.1, 0.15) is 26.7 Å². The SMILES string of the molecule is CNC(NN(C=O)C1CCN(C)CC1)C1=CC=CC(C)(C)C=C1. The molecule has 0 aromatic carbocycles. The fraction of sp³-hybridized carbons (Fsp3) is 0.611. The molecule has 5 heteroatoms. The lowest BCUT2D eigenvalue weighted by atomic mass is 9.93. The third-order valence-corrected chi connectivity index (χ3v) is 4.62. The average Bonchev–Trinajstić information content (AvgIpc) is 2.71. The van der Waals surface area contributed by atoms with Gasteiger partial charge in [0.15, 0.2) is 0 Å². The van der Waals surface area contributed by atoms with Gasteiger partial charge in [0.25, 0.3) is 0 Å². The standard InChI is InChI=1S/C18H30N4O/c1-18(2)10-5-6-15(7-11-18)17(19-3)20-22(14-23)16-8-12-21(4)13-9-16/h5-7,10-11,14,16-17,19-20H,8-9,12-13H2,1-4H3. The summed E-state index contributed by atoms with van der Waals surface area (Å²) in [5, 5.41) is 5.00. The Morgan fingerprint density at radius 3 is 2.65 bits per heavy atom. The summed E-state index contributed by atoms with van der Waals surface area (Å²) in [7, 11) is 4.03. The van der Waals surface area contributed by atoms with Crippen molar-refractivity contribution in [3.63, 3.8) is 0 Å². The van der Waals surface area contributed by atoms with E-state index in [2.05, 4.69) is 66.9 Å². The molecule has 0 radical (unpaired) electrons. The molecule has 1 aliphatic heterocycles. The second kappa shape index (κ2) is 7.90. The van der Waals surface area contributed by atoms with Gasteiger partial charge in [0.05, 0.1) is 6.04 Å². The summed E-state index contributed by atoms with van der Waals surface area (Å²) in [6.45, 7) is 6.41. The number of hydrogen-bond donors (Lipinski definition) is 2. The molecule has 0 saturated carbocycles. The molecule has 2 rings (SSSR count). The minimum absolute atomic E-state index is 0.0504. The van der Waals surface area contributed by atoms with E-state index in [4.69, 9.17) is 0 Å². The molecule has 5 nitrogen and oxygen atoms in total. The van der Waals surface area contributed by atoms with Gasteiger partial charge in [-0.2, -0.15) is 0 Å². The number of hydrogen-bond acceptors (Lipinski definition) is 4. The molecule has 0 aromatic heterocycles. The second-order valence-corrected chi connectivity index (χ2v) is 7.08. The summed E-state index contributed by atoms with van der Waals surface area (Å²) in [6, 6.07) is 0.252. The summed E-state index contributed by atoms with van der Waals surface area (Å²) in [4.78, 5) is 13.9. The smallest absolute Gasteiger partial charge is 0.224 e. The van der Waals surface area contributed by atoms with E-state index in [9.17, 15) is 4.79 Å². The Hall–Kier alpha value is -1.43. The van der Waals surface area contributed by atoms with Crippen LogP contribution in [0.4, 0.5) is 0 Å². The molecule has 1 aliphatic carbocycles. The summed E-state index contributed by atoms with van der Waals surface area (Å²) in [6.07, 6.45) is 13.5. The number of piperidine rings is 1. The number of carbonyl (C=O) groups excluding carboxylic acids is 1. The number of carbonyl (C=O) groups is 1. The highest BCUT2D eigenvalue weighted by Gasteiger charge is 2.25. The number of likely N-dealkylation sites (tertiary alicyclic amines) is 1. The quantitative estimate of drug-likeness (QED) is 0.444. The van der Waals surface area contributed by atoms with Crippen LogP contribution in [-0.4, -0.2) is 55.7 Å². The predicted octanol–water partition coefficient (Wildman–Crippen LogP) is 1.67. The molecule has 23 heavy (non-hydrogen) atoms. The molecule has 2 aliphatic rings. The van der Waals surface area contributed by atoms with Crippen LogP contribution < -0.4 is 10.7 Å². The lowest BCUT2D eigenvalue weighted by Gasteiger charge is -2.37. The van der Waals surface area contributed by atoms with Crippen LogP contribution >= 0.6 is 0 Å². The highest BCUT2D eigenvalue weighted by Crippen LogP contribution is 2.23. The number of likely N-dealkylation sites (N-methyl/N-ethyl adjacent to an activating group) is 1. The molecular weight excluding hydrogens is 288 g/mol. The first kappa shape index (κ1) is 17.9. The number of amides is 1. The van der Waals surface area contributed by atoms with Gasteiger partial charge >= 0.3 is 0 Å². The molecule has 0 aromatic rings. The molecular formula is C18H30N4O. The van der Waals surface area contributed by atoms with Crippen molar-refractivity contribution < 1.29 is 4.79 Å². The molecule has 1 saturated heterocycles. The molecule has 1 atom stereocenters. The van der Waals surface area contributed by atoms with Crippen LogP contribution in [0.5, 0.6) is 0 Å². The first-order chi connectivity index (χ1) is 10.9. The summed E-state index contributed by atoms with van der Waals surface area (Å²) in [5.74, 6) is 0. The minimum Gasteiger partial charge on any atom is -0.306 e. The largest absolute Gasteiger partial charge is 0.306 e. The molecule has 0 bridgehead atoms. The Balaban J connectivity index is 2.04. The summed E-state index contributed by atoms with van der Waals surface area (Å²) < 4.78 is 0. The first-order valence-electron chi connectivity index (χ1n) is 8.39. The fourth-order valence-electron chi connectivity index (χ4n) is 2.97. The maximum Gasteiger partial charge on any atom is 0.224 e. The molecule has 1 amide bonds. The van der Waals surface area contributed by atoms with Crippen molar-refractivity contribution in [2.24, 2.45) is 5.41 Å². The Kier molecular flexibility index (Phi) is 6.16. The topological polar surface area (TPSA) is 47.6 Å². The van der Waals surface area contributed by atoms with Gasteiger partial charge in [-0.05, 0) is 45.6 Å². The van der Waals surface area contributed by atoms with Crippen molar-refractivity contribution in [3.8, 4) is 0 Å². The highest BCUT2D eigenvalue weighted by atomic mass is 16.1. The fourth-order valence-corrected chi connectivity index (χ4v) is 2.97. The molecule has 2 N–H and O–H groups in total. The molecule has 0 spiro atoms. The summed E-state index contributed by atoms with van der Waals surface area (Å²) in [5.41, 5.74) is 4.52. The van der Waals surface area contributed by atoms with Gasteiger partial charge in [0, 0.05) is 5.41 Å². The predicted molar refractivity (Wildman–Crippen MR) is 94.5 cm³/mol. The van der Waals surface area contributed by atoms with Crippen molar-refractivity contribution >= 4 is 6.41 Å². The summed E-state index contributed by atoms with van der Waals surface area (Å²) >= 11 is 0. The van der Waals surface area contributed by atoms with Gasteiger partial charge < -0.3 is 4.90 Å². The van der Waals surface area contributed by atoms with Crippen molar-refractivity contribution in [1.29, 1.82) is 0 Å². The van der Waals surface area contributed by atoms with Gasteiger partial charge in [-0.25, -0.2) is 5.43 Å². The zero-order valence-corrected chi connectivity index (χ0v) is 14.7. The minimum atomic E-state index is -0.0883. The van der Waals surface area contributed by atoms with Gasteiger partial charge in [0.1, 0.15) is 6.17 Å². The molecule has 1 unspecified atom stereocenters. The zero-order chi connectivity index (χ0) is 16.9. The van der Waals surface area contributed by atoms with E-state index in [1.807, 2.05) is 7.05 Å². The van der Waals surface area contributed by atoms with E-state index >= 15 is 0 Å². The number of hydrazine groups is 1. The highest BCUT2D eigenvalue weighted by molar-refractivity contribution is 5.47. The Bertz CT molecular complexity index is 487. The Labute approximate surface area is 140 Å². The molecule has 1 fully saturated rings. The lowest BCUT2D eigenvalue weighted by Crippen LogP contribution is -2.56. The van der Waals surface area contributed by atoms with Crippen LogP contribution in [0.3, 0.4) is 0 Å². The van der Waals surface area contributed by atoms with Gasteiger partial charge in [-0.15, -0.1) is 0 Å². The van der Waals surface area contributed by atoms with Crippen molar-refractivity contribution in [2.75, 3.05) is 27.2 Å². The van der Waals surface area contributed by atoms with Crippen LogP contribution in [0.25, 0.3) is 0 Å². The average molecular weight is 318 g/mol. The third kappa shape index (κ3) is 5.03. The second-order valence-electron chi connectivity index (χ2n) is 7.08. The molecule has 1 heterocycles.